The molecule has 126 valence electrons. The van der Waals surface area contributed by atoms with Gasteiger partial charge in [-0.15, -0.1) is 0 Å². The molecule has 1 aromatic heterocycles. The second-order valence-electron chi connectivity index (χ2n) is 7.37. The van der Waals surface area contributed by atoms with E-state index in [1.165, 1.54) is 18.5 Å². The number of carbonyl (C=O) groups excluding carboxylic acids is 1. The Hall–Kier alpha value is -1.40. The van der Waals surface area contributed by atoms with Crippen molar-refractivity contribution in [3.63, 3.8) is 0 Å². The van der Waals surface area contributed by atoms with Gasteiger partial charge in [0, 0.05) is 37.7 Å². The predicted molar refractivity (Wildman–Crippen MR) is 83.7 cm³/mol. The van der Waals surface area contributed by atoms with E-state index in [-0.39, 0.29) is 23.8 Å². The lowest BCUT2D eigenvalue weighted by Crippen LogP contribution is -2.47. The highest BCUT2D eigenvalue weighted by Crippen LogP contribution is 2.36. The predicted octanol–water partition coefficient (Wildman–Crippen LogP) is 1.14. The lowest BCUT2D eigenvalue weighted by Gasteiger charge is -2.38. The highest BCUT2D eigenvalue weighted by molar-refractivity contribution is 5.80. The Morgan fingerprint density at radius 2 is 2.22 bits per heavy atom. The summed E-state index contributed by atoms with van der Waals surface area (Å²) in [6.07, 6.45) is 5.48. The Kier molecular flexibility index (Phi) is 3.89. The van der Waals surface area contributed by atoms with Crippen LogP contribution in [0.1, 0.15) is 43.0 Å². The van der Waals surface area contributed by atoms with Crippen molar-refractivity contribution in [2.75, 3.05) is 20.3 Å². The van der Waals surface area contributed by atoms with Crippen molar-refractivity contribution in [3.05, 3.63) is 17.7 Å². The van der Waals surface area contributed by atoms with E-state index >= 15 is 0 Å². The minimum atomic E-state index is -0.295. The molecule has 23 heavy (non-hydrogen) atoms. The molecule has 1 atom stereocenters. The Morgan fingerprint density at radius 3 is 2.87 bits per heavy atom. The third-order valence-electron chi connectivity index (χ3n) is 5.42. The first-order valence-corrected chi connectivity index (χ1v) is 8.65. The molecule has 0 aromatic carbocycles. The summed E-state index contributed by atoms with van der Waals surface area (Å²) in [4.78, 5) is 19.1. The largest absolute Gasteiger partial charge is 0.393 e. The van der Waals surface area contributed by atoms with E-state index in [0.29, 0.717) is 32.5 Å². The van der Waals surface area contributed by atoms with Crippen LogP contribution in [-0.2, 0) is 22.6 Å². The normalized spacial score (nSPS) is 30.0. The summed E-state index contributed by atoms with van der Waals surface area (Å²) < 4.78 is 7.69. The van der Waals surface area contributed by atoms with E-state index < -0.39 is 0 Å². The number of rotatable bonds is 5. The summed E-state index contributed by atoms with van der Waals surface area (Å²) in [5, 5.41) is 9.45. The van der Waals surface area contributed by atoms with Gasteiger partial charge in [0.05, 0.1) is 31.3 Å². The van der Waals surface area contributed by atoms with Crippen molar-refractivity contribution < 1.29 is 14.6 Å². The number of hydrogen-bond donors (Lipinski definition) is 1. The molecule has 0 saturated heterocycles. The molecule has 2 aliphatic carbocycles. The van der Waals surface area contributed by atoms with Gasteiger partial charge in [-0.05, 0) is 31.6 Å². The fourth-order valence-corrected chi connectivity index (χ4v) is 3.90. The first kappa shape index (κ1) is 15.1. The molecule has 6 heteroatoms. The number of aromatic nitrogens is 2. The minimum absolute atomic E-state index is 0.0108. The lowest BCUT2D eigenvalue weighted by molar-refractivity contribution is -0.144. The fraction of sp³-hybridized carbons (Fsp3) is 0.765. The van der Waals surface area contributed by atoms with E-state index in [9.17, 15) is 9.90 Å². The Bertz CT molecular complexity index is 590. The molecule has 2 heterocycles. The first-order valence-electron chi connectivity index (χ1n) is 8.65. The zero-order chi connectivity index (χ0) is 16.0. The zero-order valence-corrected chi connectivity index (χ0v) is 13.6. The van der Waals surface area contributed by atoms with Crippen LogP contribution in [0.15, 0.2) is 6.33 Å². The molecule has 1 unspecified atom stereocenters. The third kappa shape index (κ3) is 2.90. The molecule has 0 radical (unpaired) electrons. The molecule has 1 N–H and O–H groups in total. The summed E-state index contributed by atoms with van der Waals surface area (Å²) in [5.41, 5.74) is 2.28. The second kappa shape index (κ2) is 5.91. The van der Waals surface area contributed by atoms with Crippen LogP contribution in [0, 0.1) is 11.8 Å². The Labute approximate surface area is 136 Å². The van der Waals surface area contributed by atoms with E-state index in [4.69, 9.17) is 4.74 Å². The maximum Gasteiger partial charge on any atom is 0.226 e. The Morgan fingerprint density at radius 1 is 1.43 bits per heavy atom. The molecule has 4 rings (SSSR count). The van der Waals surface area contributed by atoms with Gasteiger partial charge in [-0.25, -0.2) is 4.98 Å². The molecule has 1 aromatic rings. The van der Waals surface area contributed by atoms with E-state index in [0.717, 1.165) is 18.2 Å². The summed E-state index contributed by atoms with van der Waals surface area (Å²) >= 11 is 0. The molecular weight excluding hydrogens is 294 g/mol. The van der Waals surface area contributed by atoms with Crippen LogP contribution in [0.5, 0.6) is 0 Å². The molecule has 0 bridgehead atoms. The molecule has 1 amide bonds. The van der Waals surface area contributed by atoms with Crippen molar-refractivity contribution in [1.29, 1.82) is 0 Å². The van der Waals surface area contributed by atoms with Gasteiger partial charge < -0.3 is 19.3 Å². The van der Waals surface area contributed by atoms with Crippen molar-refractivity contribution in [3.8, 4) is 0 Å². The molecular formula is C17H25N3O3. The number of aliphatic hydroxyl groups is 1. The van der Waals surface area contributed by atoms with E-state index in [1.54, 1.807) is 7.11 Å². The van der Waals surface area contributed by atoms with Crippen LogP contribution < -0.4 is 0 Å². The van der Waals surface area contributed by atoms with Crippen molar-refractivity contribution in [2.24, 2.45) is 11.8 Å². The van der Waals surface area contributed by atoms with Gasteiger partial charge in [0.1, 0.15) is 0 Å². The molecule has 0 spiro atoms. The summed E-state index contributed by atoms with van der Waals surface area (Å²) in [5.74, 6) is 1.15. The van der Waals surface area contributed by atoms with Gasteiger partial charge in [-0.1, -0.05) is 0 Å². The lowest BCUT2D eigenvalue weighted by atomic mass is 9.81. The van der Waals surface area contributed by atoms with Crippen molar-refractivity contribution in [1.82, 2.24) is 14.5 Å². The average molecular weight is 319 g/mol. The molecule has 2 saturated carbocycles. The quantitative estimate of drug-likeness (QED) is 0.884. The van der Waals surface area contributed by atoms with Gasteiger partial charge in [0.25, 0.3) is 0 Å². The smallest absolute Gasteiger partial charge is 0.226 e. The Balaban J connectivity index is 1.53. The maximum absolute atomic E-state index is 12.6. The number of ether oxygens (including phenoxy) is 1. The SMILES string of the molecule is COCC1CN(C(=O)C2CC(O)C2)Cc2ncn(CC3CC3)c21. The number of fused-ring (bicyclic) bond motifs is 1. The molecule has 3 aliphatic rings. The summed E-state index contributed by atoms with van der Waals surface area (Å²) in [7, 11) is 1.71. The van der Waals surface area contributed by atoms with Crippen LogP contribution in [0.2, 0.25) is 0 Å². The number of amides is 1. The number of methoxy groups -OCH3 is 1. The van der Waals surface area contributed by atoms with Gasteiger partial charge in [-0.3, -0.25) is 4.79 Å². The number of hydrogen-bond acceptors (Lipinski definition) is 4. The van der Waals surface area contributed by atoms with Gasteiger partial charge in [-0.2, -0.15) is 0 Å². The number of aliphatic hydroxyl groups excluding tert-OH is 1. The third-order valence-corrected chi connectivity index (χ3v) is 5.42. The highest BCUT2D eigenvalue weighted by atomic mass is 16.5. The number of nitrogens with zero attached hydrogens (tertiary/aromatic N) is 3. The van der Waals surface area contributed by atoms with Crippen LogP contribution >= 0.6 is 0 Å². The molecule has 1 aliphatic heterocycles. The van der Waals surface area contributed by atoms with Gasteiger partial charge in [0.2, 0.25) is 5.91 Å². The van der Waals surface area contributed by atoms with Crippen molar-refractivity contribution >= 4 is 5.91 Å². The monoisotopic (exact) mass is 319 g/mol. The highest BCUT2D eigenvalue weighted by Gasteiger charge is 2.39. The fourth-order valence-electron chi connectivity index (χ4n) is 3.90. The zero-order valence-electron chi connectivity index (χ0n) is 13.6. The second-order valence-corrected chi connectivity index (χ2v) is 7.37. The van der Waals surface area contributed by atoms with Crippen LogP contribution in [0.4, 0.5) is 0 Å². The van der Waals surface area contributed by atoms with Gasteiger partial charge in [0.15, 0.2) is 0 Å². The van der Waals surface area contributed by atoms with E-state index in [2.05, 4.69) is 9.55 Å². The molecule has 6 nitrogen and oxygen atoms in total. The first-order chi connectivity index (χ1) is 11.2. The van der Waals surface area contributed by atoms with Crippen molar-refractivity contribution in [2.45, 2.75) is 50.8 Å². The summed E-state index contributed by atoms with van der Waals surface area (Å²) in [6.45, 7) is 2.95. The number of imidazole rings is 1. The average Bonchev–Trinajstić information content (AvgIpc) is 3.23. The topological polar surface area (TPSA) is 67.6 Å². The summed E-state index contributed by atoms with van der Waals surface area (Å²) in [6, 6.07) is 0. The van der Waals surface area contributed by atoms with E-state index in [1.807, 2.05) is 11.2 Å². The van der Waals surface area contributed by atoms with Crippen LogP contribution in [-0.4, -0.2) is 51.8 Å². The minimum Gasteiger partial charge on any atom is -0.393 e. The standard InChI is InChI=1S/C17H25N3O3/c1-23-9-13-7-19(17(22)12-4-14(21)5-12)8-15-16(13)20(10-18-15)6-11-2-3-11/h10-14,21H,2-9H2,1H3. The van der Waals surface area contributed by atoms with Gasteiger partial charge >= 0.3 is 0 Å². The molecule has 2 fully saturated rings. The van der Waals surface area contributed by atoms with Crippen LogP contribution in [0.25, 0.3) is 0 Å². The van der Waals surface area contributed by atoms with Crippen LogP contribution in [0.3, 0.4) is 0 Å². The number of carbonyl (C=O) groups is 1. The maximum atomic E-state index is 12.6.